The van der Waals surface area contributed by atoms with Gasteiger partial charge in [0.05, 0.1) is 5.25 Å². The Bertz CT molecular complexity index is 240. The van der Waals surface area contributed by atoms with E-state index in [4.69, 9.17) is 0 Å². The molecule has 15 heavy (non-hydrogen) atoms. The van der Waals surface area contributed by atoms with Crippen LogP contribution in [-0.2, 0) is 10.0 Å². The molecule has 0 aromatic heterocycles. The van der Waals surface area contributed by atoms with Crippen molar-refractivity contribution in [3.63, 3.8) is 0 Å². The molecule has 0 bridgehead atoms. The van der Waals surface area contributed by atoms with Crippen LogP contribution in [0.5, 0.6) is 0 Å². The fourth-order valence-electron chi connectivity index (χ4n) is 1.19. The number of sulfonamides is 1. The van der Waals surface area contributed by atoms with Gasteiger partial charge in [0.1, 0.15) is 0 Å². The van der Waals surface area contributed by atoms with Crippen LogP contribution in [0.3, 0.4) is 0 Å². The van der Waals surface area contributed by atoms with E-state index in [9.17, 15) is 8.42 Å². The Morgan fingerprint density at radius 3 is 2.40 bits per heavy atom. The van der Waals surface area contributed by atoms with Crippen molar-refractivity contribution >= 4 is 10.0 Å². The first-order valence-corrected chi connectivity index (χ1v) is 7.28. The first kappa shape index (κ1) is 14.9. The molecule has 0 aliphatic rings. The molecule has 5 heteroatoms. The highest BCUT2D eigenvalue weighted by molar-refractivity contribution is 7.90. The molecule has 0 aromatic rings. The lowest BCUT2D eigenvalue weighted by molar-refractivity contribution is 0.555. The molecule has 92 valence electrons. The second-order valence-electron chi connectivity index (χ2n) is 3.76. The Morgan fingerprint density at radius 1 is 1.20 bits per heavy atom. The van der Waals surface area contributed by atoms with E-state index in [2.05, 4.69) is 17.0 Å². The van der Waals surface area contributed by atoms with Gasteiger partial charge >= 0.3 is 0 Å². The number of hydrogen-bond acceptors (Lipinski definition) is 3. The SMILES string of the molecule is CCCCCNS(=O)(=O)C(C)CNCC. The van der Waals surface area contributed by atoms with E-state index in [1.54, 1.807) is 6.92 Å². The lowest BCUT2D eigenvalue weighted by atomic mass is 10.3. The predicted molar refractivity (Wildman–Crippen MR) is 64.5 cm³/mol. The second-order valence-corrected chi connectivity index (χ2v) is 5.95. The van der Waals surface area contributed by atoms with Gasteiger partial charge in [-0.15, -0.1) is 0 Å². The minimum Gasteiger partial charge on any atom is -0.316 e. The highest BCUT2D eigenvalue weighted by Crippen LogP contribution is 1.98. The molecule has 0 rings (SSSR count). The van der Waals surface area contributed by atoms with E-state index in [0.29, 0.717) is 13.1 Å². The first-order chi connectivity index (χ1) is 7.04. The lowest BCUT2D eigenvalue weighted by Crippen LogP contribution is -2.39. The number of nitrogens with one attached hydrogen (secondary N) is 2. The lowest BCUT2D eigenvalue weighted by Gasteiger charge is -2.13. The third-order valence-corrected chi connectivity index (χ3v) is 4.13. The Balaban J connectivity index is 3.84. The summed E-state index contributed by atoms with van der Waals surface area (Å²) in [6.45, 7) is 7.67. The second kappa shape index (κ2) is 8.07. The fraction of sp³-hybridized carbons (Fsp3) is 1.00. The van der Waals surface area contributed by atoms with Gasteiger partial charge in [0.15, 0.2) is 0 Å². The molecule has 1 unspecified atom stereocenters. The summed E-state index contributed by atoms with van der Waals surface area (Å²) in [6, 6.07) is 0. The van der Waals surface area contributed by atoms with E-state index in [1.165, 1.54) is 0 Å². The maximum atomic E-state index is 11.6. The molecule has 0 aromatic carbocycles. The topological polar surface area (TPSA) is 58.2 Å². The van der Waals surface area contributed by atoms with Crippen molar-refractivity contribution in [2.45, 2.75) is 45.3 Å². The van der Waals surface area contributed by atoms with Crippen LogP contribution in [0, 0.1) is 0 Å². The number of hydrogen-bond donors (Lipinski definition) is 2. The van der Waals surface area contributed by atoms with Crippen molar-refractivity contribution in [3.05, 3.63) is 0 Å². The van der Waals surface area contributed by atoms with Crippen LogP contribution in [0.25, 0.3) is 0 Å². The van der Waals surface area contributed by atoms with Crippen molar-refractivity contribution in [2.75, 3.05) is 19.6 Å². The summed E-state index contributed by atoms with van der Waals surface area (Å²) in [7, 11) is -3.13. The zero-order valence-electron chi connectivity index (χ0n) is 10.0. The summed E-state index contributed by atoms with van der Waals surface area (Å²) in [5.74, 6) is 0. The van der Waals surface area contributed by atoms with Crippen LogP contribution in [0.1, 0.15) is 40.0 Å². The van der Waals surface area contributed by atoms with Gasteiger partial charge in [-0.05, 0) is 19.9 Å². The molecule has 0 saturated carbocycles. The normalized spacial score (nSPS) is 14.1. The summed E-state index contributed by atoms with van der Waals surface area (Å²) in [5, 5.41) is 2.67. The summed E-state index contributed by atoms with van der Waals surface area (Å²) in [4.78, 5) is 0. The average molecular weight is 236 g/mol. The van der Waals surface area contributed by atoms with Crippen molar-refractivity contribution in [1.82, 2.24) is 10.0 Å². The van der Waals surface area contributed by atoms with Crippen molar-refractivity contribution in [3.8, 4) is 0 Å². The monoisotopic (exact) mass is 236 g/mol. The molecule has 2 N–H and O–H groups in total. The standard InChI is InChI=1S/C10H24N2O2S/c1-4-6-7-8-12-15(13,14)10(3)9-11-5-2/h10-12H,4-9H2,1-3H3. The van der Waals surface area contributed by atoms with E-state index < -0.39 is 10.0 Å². The summed E-state index contributed by atoms with van der Waals surface area (Å²) < 4.78 is 25.9. The Morgan fingerprint density at radius 2 is 1.87 bits per heavy atom. The maximum absolute atomic E-state index is 11.6. The largest absolute Gasteiger partial charge is 0.316 e. The van der Waals surface area contributed by atoms with Gasteiger partial charge in [-0.3, -0.25) is 0 Å². The average Bonchev–Trinajstić information content (AvgIpc) is 2.21. The van der Waals surface area contributed by atoms with Gasteiger partial charge in [-0.1, -0.05) is 26.7 Å². The van der Waals surface area contributed by atoms with Gasteiger partial charge in [0.2, 0.25) is 10.0 Å². The quantitative estimate of drug-likeness (QED) is 0.589. The number of unbranched alkanes of at least 4 members (excludes halogenated alkanes) is 2. The predicted octanol–water partition coefficient (Wildman–Crippen LogP) is 1.09. The van der Waals surface area contributed by atoms with Crippen molar-refractivity contribution in [2.24, 2.45) is 0 Å². The van der Waals surface area contributed by atoms with E-state index in [-0.39, 0.29) is 5.25 Å². The Kier molecular flexibility index (Phi) is 8.00. The van der Waals surface area contributed by atoms with Crippen LogP contribution in [0.15, 0.2) is 0 Å². The fourth-order valence-corrected chi connectivity index (χ4v) is 2.24. The van der Waals surface area contributed by atoms with Gasteiger partial charge in [-0.2, -0.15) is 0 Å². The summed E-state index contributed by atoms with van der Waals surface area (Å²) in [6.07, 6.45) is 3.10. The third kappa shape index (κ3) is 6.87. The smallest absolute Gasteiger partial charge is 0.215 e. The first-order valence-electron chi connectivity index (χ1n) is 5.73. The highest BCUT2D eigenvalue weighted by atomic mass is 32.2. The van der Waals surface area contributed by atoms with Crippen LogP contribution >= 0.6 is 0 Å². The maximum Gasteiger partial charge on any atom is 0.215 e. The van der Waals surface area contributed by atoms with Crippen LogP contribution in [-0.4, -0.2) is 33.3 Å². The highest BCUT2D eigenvalue weighted by Gasteiger charge is 2.18. The summed E-state index contributed by atoms with van der Waals surface area (Å²) in [5.41, 5.74) is 0. The van der Waals surface area contributed by atoms with Crippen LogP contribution in [0.2, 0.25) is 0 Å². The van der Waals surface area contributed by atoms with E-state index in [1.807, 2.05) is 6.92 Å². The molecule has 0 aliphatic carbocycles. The van der Waals surface area contributed by atoms with Gasteiger partial charge in [-0.25, -0.2) is 13.1 Å². The van der Waals surface area contributed by atoms with Gasteiger partial charge in [0, 0.05) is 13.1 Å². The molecular weight excluding hydrogens is 212 g/mol. The number of rotatable bonds is 9. The molecule has 0 radical (unpaired) electrons. The molecule has 0 saturated heterocycles. The molecule has 0 fully saturated rings. The van der Waals surface area contributed by atoms with Crippen LogP contribution < -0.4 is 10.0 Å². The molecule has 1 atom stereocenters. The molecule has 0 heterocycles. The minimum absolute atomic E-state index is 0.362. The van der Waals surface area contributed by atoms with Crippen molar-refractivity contribution in [1.29, 1.82) is 0 Å². The Labute approximate surface area is 93.9 Å². The van der Waals surface area contributed by atoms with E-state index in [0.717, 1.165) is 25.8 Å². The molecule has 0 amide bonds. The summed E-state index contributed by atoms with van der Waals surface area (Å²) >= 11 is 0. The Hall–Kier alpha value is -0.130. The van der Waals surface area contributed by atoms with Crippen molar-refractivity contribution < 1.29 is 8.42 Å². The van der Waals surface area contributed by atoms with Gasteiger partial charge < -0.3 is 5.32 Å². The molecular formula is C10H24N2O2S. The zero-order valence-corrected chi connectivity index (χ0v) is 10.9. The zero-order chi connectivity index (χ0) is 11.7. The minimum atomic E-state index is -3.13. The van der Waals surface area contributed by atoms with Gasteiger partial charge in [0.25, 0.3) is 0 Å². The van der Waals surface area contributed by atoms with E-state index >= 15 is 0 Å². The molecule has 0 spiro atoms. The third-order valence-electron chi connectivity index (χ3n) is 2.30. The molecule has 4 nitrogen and oxygen atoms in total. The molecule has 0 aliphatic heterocycles. The van der Waals surface area contributed by atoms with Crippen LogP contribution in [0.4, 0.5) is 0 Å².